The van der Waals surface area contributed by atoms with Gasteiger partial charge in [0.1, 0.15) is 5.82 Å². The minimum Gasteiger partial charge on any atom is -0.369 e. The van der Waals surface area contributed by atoms with E-state index >= 15 is 0 Å². The first-order valence-corrected chi connectivity index (χ1v) is 6.52. The average Bonchev–Trinajstić information content (AvgIpc) is 2.64. The van der Waals surface area contributed by atoms with Crippen LogP contribution < -0.4 is 4.90 Å². The topological polar surface area (TPSA) is 3.24 Å². The fourth-order valence-electron chi connectivity index (χ4n) is 1.46. The second-order valence-electron chi connectivity index (χ2n) is 3.53. The summed E-state index contributed by atoms with van der Waals surface area (Å²) in [6.07, 6.45) is 0. The first-order valence-electron chi connectivity index (χ1n) is 4.85. The summed E-state index contributed by atoms with van der Waals surface area (Å²) in [5, 5.41) is 2.04. The maximum absolute atomic E-state index is 13.1. The third kappa shape index (κ3) is 2.62. The molecule has 0 atom stereocenters. The van der Waals surface area contributed by atoms with Crippen molar-refractivity contribution in [3.05, 3.63) is 50.9 Å². The third-order valence-electron chi connectivity index (χ3n) is 2.32. The van der Waals surface area contributed by atoms with Gasteiger partial charge >= 0.3 is 0 Å². The molecule has 0 unspecified atom stereocenters. The standard InChI is InChI=1S/C12H11BrFNS/c1-15(8-12-11(13)5-6-16-12)10-4-2-3-9(14)7-10/h2-7H,8H2,1H3. The van der Waals surface area contributed by atoms with E-state index in [1.165, 1.54) is 10.9 Å². The predicted molar refractivity (Wildman–Crippen MR) is 70.5 cm³/mol. The quantitative estimate of drug-likeness (QED) is 0.817. The highest BCUT2D eigenvalue weighted by atomic mass is 79.9. The molecular weight excluding hydrogens is 289 g/mol. The summed E-state index contributed by atoms with van der Waals surface area (Å²) < 4.78 is 14.2. The number of rotatable bonds is 3. The summed E-state index contributed by atoms with van der Waals surface area (Å²) in [6.45, 7) is 0.779. The number of nitrogens with zero attached hydrogens (tertiary/aromatic N) is 1. The van der Waals surface area contributed by atoms with Crippen LogP contribution in [0.1, 0.15) is 4.88 Å². The minimum atomic E-state index is -0.199. The lowest BCUT2D eigenvalue weighted by Crippen LogP contribution is -2.15. The molecule has 16 heavy (non-hydrogen) atoms. The van der Waals surface area contributed by atoms with E-state index in [0.717, 1.165) is 16.7 Å². The smallest absolute Gasteiger partial charge is 0.125 e. The summed E-state index contributed by atoms with van der Waals surface area (Å²) in [7, 11) is 1.96. The van der Waals surface area contributed by atoms with Crippen molar-refractivity contribution in [1.29, 1.82) is 0 Å². The summed E-state index contributed by atoms with van der Waals surface area (Å²) in [4.78, 5) is 3.27. The van der Waals surface area contributed by atoms with Crippen LogP contribution in [0, 0.1) is 5.82 Å². The molecule has 0 fully saturated rings. The van der Waals surface area contributed by atoms with E-state index in [2.05, 4.69) is 15.9 Å². The monoisotopic (exact) mass is 299 g/mol. The van der Waals surface area contributed by atoms with Crippen molar-refractivity contribution in [3.8, 4) is 0 Å². The Labute approximate surface area is 107 Å². The molecule has 84 valence electrons. The van der Waals surface area contributed by atoms with Gasteiger partial charge in [0, 0.05) is 22.1 Å². The van der Waals surface area contributed by atoms with Crippen molar-refractivity contribution in [3.63, 3.8) is 0 Å². The first-order chi connectivity index (χ1) is 7.66. The zero-order chi connectivity index (χ0) is 11.5. The maximum Gasteiger partial charge on any atom is 0.125 e. The summed E-state index contributed by atoms with van der Waals surface area (Å²) in [5.74, 6) is -0.199. The van der Waals surface area contributed by atoms with Crippen molar-refractivity contribution < 1.29 is 4.39 Å². The molecule has 0 saturated heterocycles. The molecular formula is C12H11BrFNS. The van der Waals surface area contributed by atoms with Gasteiger partial charge in [-0.15, -0.1) is 11.3 Å². The second kappa shape index (κ2) is 4.97. The molecule has 0 radical (unpaired) electrons. The van der Waals surface area contributed by atoms with Crippen molar-refractivity contribution in [2.24, 2.45) is 0 Å². The molecule has 1 heterocycles. The predicted octanol–water partition coefficient (Wildman–Crippen LogP) is 4.29. The fraction of sp³-hybridized carbons (Fsp3) is 0.167. The molecule has 1 aromatic carbocycles. The Morgan fingerprint density at radius 3 is 2.81 bits per heavy atom. The lowest BCUT2D eigenvalue weighted by Gasteiger charge is -2.18. The Kier molecular flexibility index (Phi) is 3.61. The van der Waals surface area contributed by atoms with Crippen LogP contribution in [-0.4, -0.2) is 7.05 Å². The van der Waals surface area contributed by atoms with Gasteiger partial charge in [-0.05, 0) is 45.6 Å². The zero-order valence-electron chi connectivity index (χ0n) is 8.78. The van der Waals surface area contributed by atoms with Gasteiger partial charge < -0.3 is 4.90 Å². The van der Waals surface area contributed by atoms with Crippen molar-refractivity contribution in [2.45, 2.75) is 6.54 Å². The molecule has 0 amide bonds. The number of hydrogen-bond donors (Lipinski definition) is 0. The number of benzene rings is 1. The van der Waals surface area contributed by atoms with Gasteiger partial charge in [-0.1, -0.05) is 6.07 Å². The van der Waals surface area contributed by atoms with Gasteiger partial charge in [-0.25, -0.2) is 4.39 Å². The Balaban J connectivity index is 2.14. The van der Waals surface area contributed by atoms with Crippen LogP contribution in [0.25, 0.3) is 0 Å². The molecule has 0 aliphatic carbocycles. The second-order valence-corrected chi connectivity index (χ2v) is 5.38. The van der Waals surface area contributed by atoms with Gasteiger partial charge in [-0.2, -0.15) is 0 Å². The number of hydrogen-bond acceptors (Lipinski definition) is 2. The van der Waals surface area contributed by atoms with E-state index in [0.29, 0.717) is 0 Å². The van der Waals surface area contributed by atoms with Crippen LogP contribution in [0.15, 0.2) is 40.2 Å². The molecule has 2 aromatic rings. The zero-order valence-corrected chi connectivity index (χ0v) is 11.2. The van der Waals surface area contributed by atoms with Crippen LogP contribution in [0.2, 0.25) is 0 Å². The molecule has 2 rings (SSSR count). The van der Waals surface area contributed by atoms with Crippen LogP contribution in [0.4, 0.5) is 10.1 Å². The van der Waals surface area contributed by atoms with Crippen molar-refractivity contribution >= 4 is 33.0 Å². The molecule has 1 aromatic heterocycles. The molecule has 0 aliphatic rings. The Bertz CT molecular complexity index is 483. The molecule has 0 N–H and O–H groups in total. The van der Waals surface area contributed by atoms with Crippen molar-refractivity contribution in [1.82, 2.24) is 0 Å². The van der Waals surface area contributed by atoms with Gasteiger partial charge in [0.2, 0.25) is 0 Å². The van der Waals surface area contributed by atoms with E-state index < -0.39 is 0 Å². The molecule has 0 spiro atoms. The number of anilines is 1. The van der Waals surface area contributed by atoms with Crippen molar-refractivity contribution in [2.75, 3.05) is 11.9 Å². The van der Waals surface area contributed by atoms with E-state index in [1.807, 2.05) is 29.5 Å². The number of halogens is 2. The van der Waals surface area contributed by atoms with Crippen LogP contribution in [0.5, 0.6) is 0 Å². The highest BCUT2D eigenvalue weighted by Gasteiger charge is 2.06. The normalized spacial score (nSPS) is 10.4. The summed E-state index contributed by atoms with van der Waals surface area (Å²) >= 11 is 5.19. The Morgan fingerprint density at radius 1 is 1.38 bits per heavy atom. The molecule has 4 heteroatoms. The third-order valence-corrected chi connectivity index (χ3v) is 4.23. The first kappa shape index (κ1) is 11.6. The van der Waals surface area contributed by atoms with Crippen LogP contribution >= 0.6 is 27.3 Å². The van der Waals surface area contributed by atoms with E-state index in [-0.39, 0.29) is 5.82 Å². The highest BCUT2D eigenvalue weighted by Crippen LogP contribution is 2.25. The minimum absolute atomic E-state index is 0.199. The van der Waals surface area contributed by atoms with Gasteiger partial charge in [0.25, 0.3) is 0 Å². The lowest BCUT2D eigenvalue weighted by molar-refractivity contribution is 0.627. The number of thiophene rings is 1. The Hall–Kier alpha value is -0.870. The van der Waals surface area contributed by atoms with Crippen LogP contribution in [-0.2, 0) is 6.54 Å². The van der Waals surface area contributed by atoms with Crippen LogP contribution in [0.3, 0.4) is 0 Å². The highest BCUT2D eigenvalue weighted by molar-refractivity contribution is 9.10. The van der Waals surface area contributed by atoms with E-state index in [9.17, 15) is 4.39 Å². The Morgan fingerprint density at radius 2 is 2.19 bits per heavy atom. The summed E-state index contributed by atoms with van der Waals surface area (Å²) in [5.41, 5.74) is 0.889. The van der Waals surface area contributed by atoms with Gasteiger partial charge in [0.05, 0.1) is 6.54 Å². The fourth-order valence-corrected chi connectivity index (χ4v) is 2.99. The van der Waals surface area contributed by atoms with E-state index in [4.69, 9.17) is 0 Å². The summed E-state index contributed by atoms with van der Waals surface area (Å²) in [6, 6.07) is 8.66. The average molecular weight is 300 g/mol. The molecule has 1 nitrogen and oxygen atoms in total. The SMILES string of the molecule is CN(Cc1sccc1Br)c1cccc(F)c1. The van der Waals surface area contributed by atoms with E-state index in [1.54, 1.807) is 23.5 Å². The largest absolute Gasteiger partial charge is 0.369 e. The lowest BCUT2D eigenvalue weighted by atomic mass is 10.3. The molecule has 0 bridgehead atoms. The molecule has 0 saturated carbocycles. The maximum atomic E-state index is 13.1. The van der Waals surface area contributed by atoms with Gasteiger partial charge in [0.15, 0.2) is 0 Å². The van der Waals surface area contributed by atoms with Gasteiger partial charge in [-0.3, -0.25) is 0 Å². The molecule has 0 aliphatic heterocycles.